The minimum absolute atomic E-state index is 0.148. The number of carbonyl (C=O) groups is 1. The molecule has 0 saturated heterocycles. The average molecular weight is 288 g/mol. The molecule has 0 spiro atoms. The van der Waals surface area contributed by atoms with Crippen molar-refractivity contribution < 1.29 is 9.53 Å². The van der Waals surface area contributed by atoms with Crippen molar-refractivity contribution in [2.24, 2.45) is 5.92 Å². The molecular weight excluding hydrogens is 264 g/mol. The lowest BCUT2D eigenvalue weighted by atomic mass is 9.89. The summed E-state index contributed by atoms with van der Waals surface area (Å²) in [7, 11) is 1.59. The third-order valence-electron chi connectivity index (χ3n) is 3.88. The number of rotatable bonds is 6. The van der Waals surface area contributed by atoms with Gasteiger partial charge in [0.1, 0.15) is 5.75 Å². The number of amides is 1. The largest absolute Gasteiger partial charge is 0.497 e. The van der Waals surface area contributed by atoms with Crippen molar-refractivity contribution >= 4 is 5.91 Å². The Bertz CT molecular complexity index is 511. The van der Waals surface area contributed by atoms with Gasteiger partial charge in [-0.1, -0.05) is 31.9 Å². The van der Waals surface area contributed by atoms with Crippen LogP contribution >= 0.6 is 0 Å². The monoisotopic (exact) mass is 288 g/mol. The molecule has 1 aromatic carbocycles. The molecule has 114 valence electrons. The smallest absolute Gasteiger partial charge is 0.269 e. The number of methoxy groups -OCH3 is 1. The second kappa shape index (κ2) is 7.72. The molecule has 1 unspecified atom stereocenters. The molecule has 2 N–H and O–H groups in total. The molecule has 4 nitrogen and oxygen atoms in total. The standard InChI is InChI=1S/C17H24N2O2/c1-3-5-13-8-10-15(11-9-13)18-19-17(20)14-6-4-7-16(12-14)21-2/h4,6-7,10,12-13,18H,3,5,8-9,11H2,1-2H3,(H,19,20). The maximum atomic E-state index is 12.1. The van der Waals surface area contributed by atoms with Gasteiger partial charge in [-0.15, -0.1) is 0 Å². The Morgan fingerprint density at radius 2 is 2.29 bits per heavy atom. The maximum Gasteiger partial charge on any atom is 0.269 e. The first-order valence-corrected chi connectivity index (χ1v) is 7.62. The fraction of sp³-hybridized carbons (Fsp3) is 0.471. The van der Waals surface area contributed by atoms with E-state index >= 15 is 0 Å². The molecule has 0 bridgehead atoms. The summed E-state index contributed by atoms with van der Waals surface area (Å²) in [6.07, 6.45) is 8.04. The average Bonchev–Trinajstić information content (AvgIpc) is 2.54. The van der Waals surface area contributed by atoms with Crippen molar-refractivity contribution in [1.29, 1.82) is 0 Å². The van der Waals surface area contributed by atoms with Gasteiger partial charge in [-0.05, 0) is 43.4 Å². The molecule has 0 radical (unpaired) electrons. The van der Waals surface area contributed by atoms with Crippen LogP contribution in [0.2, 0.25) is 0 Å². The van der Waals surface area contributed by atoms with Gasteiger partial charge in [-0.3, -0.25) is 10.2 Å². The predicted molar refractivity (Wildman–Crippen MR) is 83.9 cm³/mol. The van der Waals surface area contributed by atoms with Crippen LogP contribution in [0.4, 0.5) is 0 Å². The number of ether oxygens (including phenoxy) is 1. The van der Waals surface area contributed by atoms with Gasteiger partial charge in [0, 0.05) is 11.3 Å². The number of allylic oxidation sites excluding steroid dienone is 2. The minimum atomic E-state index is -0.148. The lowest BCUT2D eigenvalue weighted by Gasteiger charge is -2.22. The summed E-state index contributed by atoms with van der Waals surface area (Å²) < 4.78 is 5.12. The fourth-order valence-electron chi connectivity index (χ4n) is 2.65. The highest BCUT2D eigenvalue weighted by Crippen LogP contribution is 2.25. The van der Waals surface area contributed by atoms with Crippen molar-refractivity contribution in [3.63, 3.8) is 0 Å². The Kier molecular flexibility index (Phi) is 5.67. The van der Waals surface area contributed by atoms with E-state index in [4.69, 9.17) is 4.74 Å². The lowest BCUT2D eigenvalue weighted by Crippen LogP contribution is -2.37. The Morgan fingerprint density at radius 1 is 1.43 bits per heavy atom. The summed E-state index contributed by atoms with van der Waals surface area (Å²) >= 11 is 0. The summed E-state index contributed by atoms with van der Waals surface area (Å²) in [4.78, 5) is 12.1. The van der Waals surface area contributed by atoms with Gasteiger partial charge in [0.05, 0.1) is 7.11 Å². The normalized spacial score (nSPS) is 17.8. The topological polar surface area (TPSA) is 50.4 Å². The molecule has 1 amide bonds. The molecule has 1 aliphatic carbocycles. The molecule has 4 heteroatoms. The van der Waals surface area contributed by atoms with Crippen LogP contribution in [0.1, 0.15) is 49.4 Å². The van der Waals surface area contributed by atoms with E-state index < -0.39 is 0 Å². The third kappa shape index (κ3) is 4.52. The van der Waals surface area contributed by atoms with Gasteiger partial charge in [-0.25, -0.2) is 0 Å². The van der Waals surface area contributed by atoms with E-state index in [9.17, 15) is 4.79 Å². The number of nitrogens with one attached hydrogen (secondary N) is 2. The Morgan fingerprint density at radius 3 is 2.95 bits per heavy atom. The molecule has 0 fully saturated rings. The first-order chi connectivity index (χ1) is 10.2. The van der Waals surface area contributed by atoms with Crippen LogP contribution in [-0.4, -0.2) is 13.0 Å². The number of carbonyl (C=O) groups excluding carboxylic acids is 1. The van der Waals surface area contributed by atoms with Gasteiger partial charge in [0.2, 0.25) is 0 Å². The molecule has 1 aliphatic rings. The summed E-state index contributed by atoms with van der Waals surface area (Å²) in [6.45, 7) is 2.23. The van der Waals surface area contributed by atoms with Crippen molar-refractivity contribution in [1.82, 2.24) is 10.9 Å². The van der Waals surface area contributed by atoms with Crippen LogP contribution in [0.5, 0.6) is 5.75 Å². The van der Waals surface area contributed by atoms with E-state index in [0.717, 1.165) is 24.5 Å². The van der Waals surface area contributed by atoms with Crippen molar-refractivity contribution in [3.8, 4) is 5.75 Å². The molecule has 0 aromatic heterocycles. The van der Waals surface area contributed by atoms with E-state index in [1.54, 1.807) is 19.2 Å². The van der Waals surface area contributed by atoms with Crippen LogP contribution in [0.3, 0.4) is 0 Å². The second-order valence-electron chi connectivity index (χ2n) is 5.47. The van der Waals surface area contributed by atoms with Crippen molar-refractivity contribution in [2.75, 3.05) is 7.11 Å². The molecule has 0 heterocycles. The van der Waals surface area contributed by atoms with Crippen LogP contribution < -0.4 is 15.6 Å². The maximum absolute atomic E-state index is 12.1. The zero-order valence-corrected chi connectivity index (χ0v) is 12.8. The van der Waals surface area contributed by atoms with Crippen LogP contribution in [0, 0.1) is 5.92 Å². The highest BCUT2D eigenvalue weighted by Gasteiger charge is 2.14. The van der Waals surface area contributed by atoms with Gasteiger partial charge in [0.25, 0.3) is 5.91 Å². The predicted octanol–water partition coefficient (Wildman–Crippen LogP) is 3.41. The number of benzene rings is 1. The Labute approximate surface area is 126 Å². The van der Waals surface area contributed by atoms with E-state index in [1.807, 2.05) is 12.1 Å². The van der Waals surface area contributed by atoms with Crippen LogP contribution in [-0.2, 0) is 0 Å². The second-order valence-corrected chi connectivity index (χ2v) is 5.47. The molecule has 0 saturated carbocycles. The van der Waals surface area contributed by atoms with E-state index in [1.165, 1.54) is 19.3 Å². The number of hydrogen-bond donors (Lipinski definition) is 2. The first-order valence-electron chi connectivity index (χ1n) is 7.62. The minimum Gasteiger partial charge on any atom is -0.497 e. The van der Waals surface area contributed by atoms with Crippen LogP contribution in [0.25, 0.3) is 0 Å². The Hall–Kier alpha value is -1.97. The molecule has 0 aliphatic heterocycles. The molecule has 1 aromatic rings. The highest BCUT2D eigenvalue weighted by atomic mass is 16.5. The summed E-state index contributed by atoms with van der Waals surface area (Å²) in [6, 6.07) is 7.13. The first kappa shape index (κ1) is 15.4. The van der Waals surface area contributed by atoms with E-state index in [0.29, 0.717) is 11.3 Å². The van der Waals surface area contributed by atoms with Crippen molar-refractivity contribution in [2.45, 2.75) is 39.0 Å². The van der Waals surface area contributed by atoms with Gasteiger partial charge in [0.15, 0.2) is 0 Å². The third-order valence-corrected chi connectivity index (χ3v) is 3.88. The molecule has 2 rings (SSSR count). The highest BCUT2D eigenvalue weighted by molar-refractivity contribution is 5.94. The molecule has 21 heavy (non-hydrogen) atoms. The zero-order valence-electron chi connectivity index (χ0n) is 12.8. The van der Waals surface area contributed by atoms with Gasteiger partial charge >= 0.3 is 0 Å². The Balaban J connectivity index is 1.84. The summed E-state index contributed by atoms with van der Waals surface area (Å²) in [5, 5.41) is 0. The number of hydrogen-bond acceptors (Lipinski definition) is 3. The van der Waals surface area contributed by atoms with E-state index in [-0.39, 0.29) is 5.91 Å². The fourth-order valence-corrected chi connectivity index (χ4v) is 2.65. The SMILES string of the molecule is CCCC1CC=C(NNC(=O)c2cccc(OC)c2)CC1. The van der Waals surface area contributed by atoms with Crippen molar-refractivity contribution in [3.05, 3.63) is 41.6 Å². The summed E-state index contributed by atoms with van der Waals surface area (Å²) in [5.41, 5.74) is 7.49. The van der Waals surface area contributed by atoms with E-state index in [2.05, 4.69) is 23.9 Å². The zero-order chi connectivity index (χ0) is 15.1. The molecular formula is C17H24N2O2. The lowest BCUT2D eigenvalue weighted by molar-refractivity contribution is 0.0937. The summed E-state index contributed by atoms with van der Waals surface area (Å²) in [5.74, 6) is 1.34. The quantitative estimate of drug-likeness (QED) is 0.789. The van der Waals surface area contributed by atoms with Gasteiger partial charge in [-0.2, -0.15) is 0 Å². The van der Waals surface area contributed by atoms with Crippen LogP contribution in [0.15, 0.2) is 36.0 Å². The number of hydrazine groups is 1. The van der Waals surface area contributed by atoms with Gasteiger partial charge < -0.3 is 10.2 Å². The molecule has 1 atom stereocenters.